The van der Waals surface area contributed by atoms with E-state index in [1.807, 2.05) is 24.1 Å². The fourth-order valence-electron chi connectivity index (χ4n) is 3.37. The van der Waals surface area contributed by atoms with Gasteiger partial charge in [0, 0.05) is 25.3 Å². The van der Waals surface area contributed by atoms with Gasteiger partial charge in [0.15, 0.2) is 0 Å². The van der Waals surface area contributed by atoms with E-state index in [-0.39, 0.29) is 17.3 Å². The number of carbonyl (C=O) groups excluding carboxylic acids is 1. The van der Waals surface area contributed by atoms with Crippen LogP contribution in [0.25, 0.3) is 0 Å². The molecule has 150 valence electrons. The zero-order valence-corrected chi connectivity index (χ0v) is 17.2. The molecule has 1 heterocycles. The second kappa shape index (κ2) is 8.86. The van der Waals surface area contributed by atoms with E-state index in [9.17, 15) is 13.2 Å². The molecule has 1 aliphatic rings. The number of aryl methyl sites for hydroxylation is 1. The number of anilines is 1. The first-order valence-corrected chi connectivity index (χ1v) is 10.9. The van der Waals surface area contributed by atoms with Crippen molar-refractivity contribution < 1.29 is 13.2 Å². The second-order valence-electron chi connectivity index (χ2n) is 7.28. The molecule has 2 aromatic carbocycles. The van der Waals surface area contributed by atoms with Crippen molar-refractivity contribution in [1.29, 1.82) is 0 Å². The topological polar surface area (TPSA) is 69.7 Å². The number of hydrogen-bond donors (Lipinski definition) is 1. The van der Waals surface area contributed by atoms with Crippen LogP contribution in [0.3, 0.4) is 0 Å². The second-order valence-corrected chi connectivity index (χ2v) is 9.22. The van der Waals surface area contributed by atoms with E-state index in [2.05, 4.69) is 24.4 Å². The van der Waals surface area contributed by atoms with Crippen LogP contribution < -0.4 is 5.32 Å². The molecule has 0 atom stereocenters. The summed E-state index contributed by atoms with van der Waals surface area (Å²) in [5.41, 5.74) is 2.98. The van der Waals surface area contributed by atoms with Crippen LogP contribution in [0.4, 0.5) is 5.69 Å². The summed E-state index contributed by atoms with van der Waals surface area (Å²) in [6.07, 6.45) is 1.81. The lowest BCUT2D eigenvalue weighted by Gasteiger charge is -2.18. The molecule has 1 saturated heterocycles. The number of likely N-dealkylation sites (N-methyl/N-ethyl adjacent to an activating group) is 1. The zero-order chi connectivity index (χ0) is 20.1. The Labute approximate surface area is 167 Å². The molecule has 1 amide bonds. The van der Waals surface area contributed by atoms with E-state index >= 15 is 0 Å². The third-order valence-electron chi connectivity index (χ3n) is 4.96. The Balaban J connectivity index is 1.56. The van der Waals surface area contributed by atoms with Crippen molar-refractivity contribution in [1.82, 2.24) is 9.21 Å². The van der Waals surface area contributed by atoms with E-state index in [0.29, 0.717) is 25.3 Å². The van der Waals surface area contributed by atoms with Gasteiger partial charge in [-0.1, -0.05) is 24.3 Å². The van der Waals surface area contributed by atoms with Gasteiger partial charge in [0.2, 0.25) is 15.9 Å². The van der Waals surface area contributed by atoms with Gasteiger partial charge in [-0.15, -0.1) is 0 Å². The van der Waals surface area contributed by atoms with E-state index in [4.69, 9.17) is 0 Å². The van der Waals surface area contributed by atoms with Gasteiger partial charge in [-0.25, -0.2) is 8.42 Å². The fourth-order valence-corrected chi connectivity index (χ4v) is 4.88. The van der Waals surface area contributed by atoms with Crippen LogP contribution in [0, 0.1) is 6.92 Å². The molecule has 3 rings (SSSR count). The quantitative estimate of drug-likeness (QED) is 0.775. The summed E-state index contributed by atoms with van der Waals surface area (Å²) in [6.45, 7) is 4.15. The molecule has 2 aromatic rings. The minimum absolute atomic E-state index is 0.133. The third kappa shape index (κ3) is 4.98. The standard InChI is InChI=1S/C21H27N3O3S/c1-17-7-3-4-8-18(17)15-23(2)16-21(25)22-19-9-11-20(12-10-19)28(26,27)24-13-5-6-14-24/h3-4,7-12H,5-6,13-16H2,1-2H3,(H,22,25). The van der Waals surface area contributed by atoms with Crippen LogP contribution in [0.1, 0.15) is 24.0 Å². The molecule has 1 fully saturated rings. The summed E-state index contributed by atoms with van der Waals surface area (Å²) in [4.78, 5) is 14.5. The number of sulfonamides is 1. The highest BCUT2D eigenvalue weighted by Gasteiger charge is 2.26. The number of benzene rings is 2. The monoisotopic (exact) mass is 401 g/mol. The molecule has 0 bridgehead atoms. The Morgan fingerprint density at radius 1 is 1.07 bits per heavy atom. The maximum Gasteiger partial charge on any atom is 0.243 e. The van der Waals surface area contributed by atoms with Crippen LogP contribution in [0.2, 0.25) is 0 Å². The lowest BCUT2D eigenvalue weighted by Crippen LogP contribution is -2.30. The van der Waals surface area contributed by atoms with Crippen molar-refractivity contribution in [2.75, 3.05) is 32.0 Å². The Hall–Kier alpha value is -2.22. The average Bonchev–Trinajstić information content (AvgIpc) is 3.19. The molecule has 0 spiro atoms. The Bertz CT molecular complexity index is 920. The van der Waals surface area contributed by atoms with Crippen LogP contribution in [0.5, 0.6) is 0 Å². The molecule has 1 N–H and O–H groups in total. The van der Waals surface area contributed by atoms with Gasteiger partial charge in [0.1, 0.15) is 0 Å². The van der Waals surface area contributed by atoms with E-state index in [1.165, 1.54) is 15.4 Å². The highest BCUT2D eigenvalue weighted by molar-refractivity contribution is 7.89. The smallest absolute Gasteiger partial charge is 0.243 e. The fraction of sp³-hybridized carbons (Fsp3) is 0.381. The Kier molecular flexibility index (Phi) is 6.49. The molecule has 28 heavy (non-hydrogen) atoms. The average molecular weight is 402 g/mol. The van der Waals surface area contributed by atoms with Crippen LogP contribution >= 0.6 is 0 Å². The molecule has 6 nitrogen and oxygen atoms in total. The largest absolute Gasteiger partial charge is 0.325 e. The van der Waals surface area contributed by atoms with Crippen LogP contribution in [-0.2, 0) is 21.4 Å². The molecule has 0 unspecified atom stereocenters. The first-order valence-electron chi connectivity index (χ1n) is 9.49. The molecular weight excluding hydrogens is 374 g/mol. The van der Waals surface area contributed by atoms with Gasteiger partial charge < -0.3 is 5.32 Å². The first-order chi connectivity index (χ1) is 13.4. The van der Waals surface area contributed by atoms with Crippen molar-refractivity contribution in [2.24, 2.45) is 0 Å². The maximum absolute atomic E-state index is 12.5. The minimum atomic E-state index is -3.43. The van der Waals surface area contributed by atoms with Crippen LogP contribution in [-0.4, -0.2) is 50.2 Å². The van der Waals surface area contributed by atoms with Crippen molar-refractivity contribution in [3.05, 3.63) is 59.7 Å². The third-order valence-corrected chi connectivity index (χ3v) is 6.87. The van der Waals surface area contributed by atoms with Crippen LogP contribution in [0.15, 0.2) is 53.4 Å². The normalized spacial score (nSPS) is 15.1. The van der Waals surface area contributed by atoms with Crippen molar-refractivity contribution in [2.45, 2.75) is 31.2 Å². The highest BCUT2D eigenvalue weighted by Crippen LogP contribution is 2.22. The lowest BCUT2D eigenvalue weighted by molar-refractivity contribution is -0.117. The van der Waals surface area contributed by atoms with Crippen molar-refractivity contribution >= 4 is 21.6 Å². The van der Waals surface area contributed by atoms with Gasteiger partial charge >= 0.3 is 0 Å². The number of rotatable bonds is 7. The van der Waals surface area contributed by atoms with E-state index < -0.39 is 10.0 Å². The maximum atomic E-state index is 12.5. The van der Waals surface area contributed by atoms with E-state index in [1.54, 1.807) is 24.3 Å². The van der Waals surface area contributed by atoms with Crippen molar-refractivity contribution in [3.8, 4) is 0 Å². The summed E-state index contributed by atoms with van der Waals surface area (Å²) >= 11 is 0. The predicted molar refractivity (Wildman–Crippen MR) is 111 cm³/mol. The van der Waals surface area contributed by atoms with Gasteiger partial charge in [-0.3, -0.25) is 9.69 Å². The summed E-state index contributed by atoms with van der Waals surface area (Å²) < 4.78 is 26.6. The summed E-state index contributed by atoms with van der Waals surface area (Å²) in [7, 11) is -1.53. The SMILES string of the molecule is Cc1ccccc1CN(C)CC(=O)Nc1ccc(S(=O)(=O)N2CCCC2)cc1. The summed E-state index contributed by atoms with van der Waals surface area (Å²) in [5, 5.41) is 2.83. The van der Waals surface area contributed by atoms with Gasteiger partial charge in [0.25, 0.3) is 0 Å². The first kappa shape index (κ1) is 20.5. The molecule has 0 aromatic heterocycles. The highest BCUT2D eigenvalue weighted by atomic mass is 32.2. The number of amides is 1. The molecule has 0 aliphatic carbocycles. The number of nitrogens with one attached hydrogen (secondary N) is 1. The van der Waals surface area contributed by atoms with Gasteiger partial charge in [0.05, 0.1) is 11.4 Å². The van der Waals surface area contributed by atoms with E-state index in [0.717, 1.165) is 12.8 Å². The molecule has 7 heteroatoms. The number of nitrogens with zero attached hydrogens (tertiary/aromatic N) is 2. The number of carbonyl (C=O) groups is 1. The lowest BCUT2D eigenvalue weighted by atomic mass is 10.1. The Morgan fingerprint density at radius 2 is 1.71 bits per heavy atom. The molecule has 0 saturated carbocycles. The molecular formula is C21H27N3O3S. The molecule has 1 aliphatic heterocycles. The number of hydrogen-bond acceptors (Lipinski definition) is 4. The van der Waals surface area contributed by atoms with Crippen molar-refractivity contribution in [3.63, 3.8) is 0 Å². The van der Waals surface area contributed by atoms with Gasteiger partial charge in [-0.05, 0) is 62.2 Å². The Morgan fingerprint density at radius 3 is 2.36 bits per heavy atom. The van der Waals surface area contributed by atoms with Gasteiger partial charge in [-0.2, -0.15) is 4.31 Å². The summed E-state index contributed by atoms with van der Waals surface area (Å²) in [5.74, 6) is -0.133. The minimum Gasteiger partial charge on any atom is -0.325 e. The predicted octanol–water partition coefficient (Wildman–Crippen LogP) is 2.85. The summed E-state index contributed by atoms with van der Waals surface area (Å²) in [6, 6.07) is 14.5. The zero-order valence-electron chi connectivity index (χ0n) is 16.4. The molecule has 0 radical (unpaired) electrons.